The van der Waals surface area contributed by atoms with Crippen LogP contribution in [0.15, 0.2) is 55.5 Å². The topological polar surface area (TPSA) is 28.0 Å². The smallest absolute Gasteiger partial charge is 0.135 e. The molecule has 2 aliphatic heterocycles. The maximum absolute atomic E-state index is 14.6. The van der Waals surface area contributed by atoms with E-state index in [1.54, 1.807) is 12.3 Å². The van der Waals surface area contributed by atoms with Crippen molar-refractivity contribution in [3.8, 4) is 0 Å². The van der Waals surface area contributed by atoms with Crippen LogP contribution in [0.1, 0.15) is 18.1 Å². The quantitative estimate of drug-likeness (QED) is 0.453. The van der Waals surface area contributed by atoms with Gasteiger partial charge in [0.15, 0.2) is 0 Å². The van der Waals surface area contributed by atoms with Gasteiger partial charge in [-0.05, 0) is 47.1 Å². The zero-order chi connectivity index (χ0) is 19.3. The molecule has 4 rings (SSSR count). The summed E-state index contributed by atoms with van der Waals surface area (Å²) in [6.45, 7) is 2.36. The average Bonchev–Trinajstić information content (AvgIpc) is 2.73. The monoisotopic (exact) mass is 513 g/mol. The van der Waals surface area contributed by atoms with E-state index in [1.807, 2.05) is 17.9 Å². The van der Waals surface area contributed by atoms with E-state index in [2.05, 4.69) is 41.8 Å². The van der Waals surface area contributed by atoms with Gasteiger partial charge in [0.2, 0.25) is 0 Å². The normalized spacial score (nSPS) is 18.8. The van der Waals surface area contributed by atoms with Crippen molar-refractivity contribution in [2.75, 3.05) is 11.4 Å². The molecule has 1 atom stereocenters. The Morgan fingerprint density at radius 1 is 1.11 bits per heavy atom. The van der Waals surface area contributed by atoms with Gasteiger partial charge in [0.25, 0.3) is 0 Å². The SMILES string of the molecule is C[C@@H]1N=C(c2c(F)cccc2F)c2c(ccc(Br)c2Cl)N2CC(Br)=CN=C12. The number of hydrogen-bond acceptors (Lipinski definition) is 3. The molecule has 27 heavy (non-hydrogen) atoms. The molecule has 0 aromatic heterocycles. The summed E-state index contributed by atoms with van der Waals surface area (Å²) in [5.41, 5.74) is 1.14. The second kappa shape index (κ2) is 7.11. The Balaban J connectivity index is 2.07. The average molecular weight is 516 g/mol. The number of aliphatic imine (C=N–C) groups is 2. The van der Waals surface area contributed by atoms with E-state index < -0.39 is 17.7 Å². The minimum Gasteiger partial charge on any atom is -0.322 e. The highest BCUT2D eigenvalue weighted by Gasteiger charge is 2.33. The first-order valence-corrected chi connectivity index (χ1v) is 10.0. The fourth-order valence-electron chi connectivity index (χ4n) is 3.24. The van der Waals surface area contributed by atoms with Crippen LogP contribution in [-0.2, 0) is 0 Å². The Morgan fingerprint density at radius 3 is 2.52 bits per heavy atom. The molecule has 2 aromatic carbocycles. The fourth-order valence-corrected chi connectivity index (χ4v) is 4.17. The summed E-state index contributed by atoms with van der Waals surface area (Å²) in [4.78, 5) is 11.1. The van der Waals surface area contributed by atoms with Crippen molar-refractivity contribution in [3.63, 3.8) is 0 Å². The van der Waals surface area contributed by atoms with E-state index in [4.69, 9.17) is 11.6 Å². The molecule has 0 bridgehead atoms. The third kappa shape index (κ3) is 3.15. The van der Waals surface area contributed by atoms with Crippen molar-refractivity contribution in [1.82, 2.24) is 0 Å². The van der Waals surface area contributed by atoms with Crippen molar-refractivity contribution >= 4 is 60.7 Å². The fraction of sp³-hybridized carbons (Fsp3) is 0.158. The molecule has 0 radical (unpaired) electrons. The van der Waals surface area contributed by atoms with E-state index in [1.165, 1.54) is 18.2 Å². The number of benzene rings is 2. The molecule has 0 spiro atoms. The number of anilines is 1. The van der Waals surface area contributed by atoms with Gasteiger partial charge in [0, 0.05) is 20.7 Å². The largest absolute Gasteiger partial charge is 0.322 e. The molecule has 0 unspecified atom stereocenters. The summed E-state index contributed by atoms with van der Waals surface area (Å²) in [6, 6.07) is 6.98. The lowest BCUT2D eigenvalue weighted by molar-refractivity contribution is 0.579. The second-order valence-electron chi connectivity index (χ2n) is 6.16. The molecule has 0 N–H and O–H groups in total. The van der Waals surface area contributed by atoms with Gasteiger partial charge in [-0.2, -0.15) is 0 Å². The van der Waals surface area contributed by atoms with Crippen LogP contribution < -0.4 is 4.90 Å². The summed E-state index contributed by atoms with van der Waals surface area (Å²) >= 11 is 13.5. The number of halogens is 5. The van der Waals surface area contributed by atoms with Crippen molar-refractivity contribution < 1.29 is 8.78 Å². The van der Waals surface area contributed by atoms with E-state index in [-0.39, 0.29) is 11.3 Å². The van der Waals surface area contributed by atoms with Crippen LogP contribution in [0.4, 0.5) is 14.5 Å². The lowest BCUT2D eigenvalue weighted by Gasteiger charge is -2.30. The molecular formula is C19H12Br2ClF2N3. The molecule has 3 nitrogen and oxygen atoms in total. The second-order valence-corrected chi connectivity index (χ2v) is 8.41. The lowest BCUT2D eigenvalue weighted by Crippen LogP contribution is -2.39. The Morgan fingerprint density at radius 2 is 1.81 bits per heavy atom. The van der Waals surface area contributed by atoms with E-state index in [0.29, 0.717) is 33.1 Å². The zero-order valence-electron chi connectivity index (χ0n) is 14.0. The minimum atomic E-state index is -0.691. The van der Waals surface area contributed by atoms with Crippen molar-refractivity contribution in [1.29, 1.82) is 0 Å². The number of amidine groups is 1. The first kappa shape index (κ1) is 18.8. The third-order valence-electron chi connectivity index (χ3n) is 4.42. The van der Waals surface area contributed by atoms with Crippen LogP contribution in [0, 0.1) is 11.6 Å². The molecular weight excluding hydrogens is 503 g/mol. The lowest BCUT2D eigenvalue weighted by atomic mass is 9.99. The zero-order valence-corrected chi connectivity index (χ0v) is 17.9. The van der Waals surface area contributed by atoms with Crippen molar-refractivity contribution in [2.24, 2.45) is 9.98 Å². The Kier molecular flexibility index (Phi) is 4.94. The molecule has 2 heterocycles. The molecule has 0 fully saturated rings. The molecule has 0 aliphatic carbocycles. The van der Waals surface area contributed by atoms with E-state index >= 15 is 0 Å². The molecule has 8 heteroatoms. The summed E-state index contributed by atoms with van der Waals surface area (Å²) < 4.78 is 30.7. The molecule has 2 aromatic rings. The summed E-state index contributed by atoms with van der Waals surface area (Å²) in [7, 11) is 0. The van der Waals surface area contributed by atoms with Crippen LogP contribution in [-0.4, -0.2) is 24.1 Å². The van der Waals surface area contributed by atoms with Crippen LogP contribution in [0.5, 0.6) is 0 Å². The van der Waals surface area contributed by atoms with Gasteiger partial charge >= 0.3 is 0 Å². The maximum Gasteiger partial charge on any atom is 0.135 e. The third-order valence-corrected chi connectivity index (χ3v) is 6.16. The molecule has 138 valence electrons. The summed E-state index contributed by atoms with van der Waals surface area (Å²) in [5.74, 6) is -0.697. The highest BCUT2D eigenvalue weighted by molar-refractivity contribution is 9.11. The maximum atomic E-state index is 14.6. The van der Waals surface area contributed by atoms with Gasteiger partial charge in [-0.3, -0.25) is 4.99 Å². The molecule has 0 saturated heterocycles. The Bertz CT molecular complexity index is 1030. The van der Waals surface area contributed by atoms with Gasteiger partial charge < -0.3 is 4.90 Å². The predicted molar refractivity (Wildman–Crippen MR) is 112 cm³/mol. The molecule has 0 amide bonds. The molecule has 0 saturated carbocycles. The van der Waals surface area contributed by atoms with E-state index in [0.717, 1.165) is 4.48 Å². The summed E-state index contributed by atoms with van der Waals surface area (Å²) in [5, 5.41) is 0.341. The highest BCUT2D eigenvalue weighted by atomic mass is 79.9. The standard InChI is InChI=1S/C19H12Br2ClF2N3/c1-9-19-25-7-10(20)8-27(19)14-6-5-11(21)17(22)16(14)18(26-9)15-12(23)3-2-4-13(15)24/h2-7,9H,8H2,1H3/t9-/m0/s1. The van der Waals surface area contributed by atoms with Gasteiger partial charge in [-0.25, -0.2) is 13.8 Å². The minimum absolute atomic E-state index is 0.174. The number of fused-ring (bicyclic) bond motifs is 3. The number of rotatable bonds is 1. The van der Waals surface area contributed by atoms with Crippen LogP contribution >= 0.6 is 43.5 Å². The predicted octanol–water partition coefficient (Wildman–Crippen LogP) is 6.08. The Labute approximate surface area is 176 Å². The van der Waals surface area contributed by atoms with E-state index in [9.17, 15) is 8.78 Å². The van der Waals surface area contributed by atoms with Crippen LogP contribution in [0.2, 0.25) is 5.02 Å². The Hall–Kier alpha value is -1.57. The first-order valence-electron chi connectivity index (χ1n) is 8.08. The number of hydrogen-bond donors (Lipinski definition) is 0. The van der Waals surface area contributed by atoms with Crippen molar-refractivity contribution in [3.05, 3.63) is 73.3 Å². The van der Waals surface area contributed by atoms with Crippen LogP contribution in [0.25, 0.3) is 0 Å². The van der Waals surface area contributed by atoms with Gasteiger partial charge in [0.1, 0.15) is 23.5 Å². The first-order chi connectivity index (χ1) is 12.9. The van der Waals surface area contributed by atoms with Gasteiger partial charge in [-0.1, -0.05) is 33.6 Å². The van der Waals surface area contributed by atoms with Crippen molar-refractivity contribution in [2.45, 2.75) is 13.0 Å². The van der Waals surface area contributed by atoms with Gasteiger partial charge in [-0.15, -0.1) is 0 Å². The summed E-state index contributed by atoms with van der Waals surface area (Å²) in [6.07, 6.45) is 1.71. The van der Waals surface area contributed by atoms with Gasteiger partial charge in [0.05, 0.1) is 28.5 Å². The van der Waals surface area contributed by atoms with Crippen LogP contribution in [0.3, 0.4) is 0 Å². The molecule has 2 aliphatic rings. The highest BCUT2D eigenvalue weighted by Crippen LogP contribution is 2.40. The number of nitrogens with zero attached hydrogens (tertiary/aromatic N) is 3.